The standard InChI is InChI=1S/C17H20N6O/c1-21(8-4-5-14-10-20-22(2)11-14)17(24)15-6-3-7-16(9-15)23-12-18-19-13-23/h3,6-7,9-13H,4-5,8H2,1-2H3. The maximum absolute atomic E-state index is 12.6. The molecule has 0 fully saturated rings. The van der Waals surface area contributed by atoms with Crippen molar-refractivity contribution in [2.75, 3.05) is 13.6 Å². The van der Waals surface area contributed by atoms with Gasteiger partial charge in [-0.25, -0.2) is 0 Å². The van der Waals surface area contributed by atoms with E-state index in [1.165, 1.54) is 5.56 Å². The fourth-order valence-corrected chi connectivity index (χ4v) is 2.58. The van der Waals surface area contributed by atoms with E-state index in [2.05, 4.69) is 15.3 Å². The third kappa shape index (κ3) is 3.68. The van der Waals surface area contributed by atoms with Crippen molar-refractivity contribution in [3.05, 3.63) is 60.4 Å². The maximum Gasteiger partial charge on any atom is 0.253 e. The van der Waals surface area contributed by atoms with Gasteiger partial charge in [-0.05, 0) is 36.6 Å². The van der Waals surface area contributed by atoms with Gasteiger partial charge in [0, 0.05) is 38.1 Å². The van der Waals surface area contributed by atoms with Crippen LogP contribution in [0, 0.1) is 0 Å². The molecule has 0 spiro atoms. The highest BCUT2D eigenvalue weighted by Crippen LogP contribution is 2.12. The van der Waals surface area contributed by atoms with Gasteiger partial charge in [-0.3, -0.25) is 14.0 Å². The number of hydrogen-bond acceptors (Lipinski definition) is 4. The van der Waals surface area contributed by atoms with E-state index in [0.717, 1.165) is 18.5 Å². The second kappa shape index (κ2) is 7.08. The van der Waals surface area contributed by atoms with Crippen molar-refractivity contribution in [1.29, 1.82) is 0 Å². The number of carbonyl (C=O) groups is 1. The van der Waals surface area contributed by atoms with Crippen LogP contribution in [0.15, 0.2) is 49.3 Å². The van der Waals surface area contributed by atoms with Crippen molar-refractivity contribution in [3.63, 3.8) is 0 Å². The first-order valence-electron chi connectivity index (χ1n) is 7.81. The van der Waals surface area contributed by atoms with Crippen LogP contribution < -0.4 is 0 Å². The Balaban J connectivity index is 1.60. The third-order valence-electron chi connectivity index (χ3n) is 3.87. The Hall–Kier alpha value is -2.96. The minimum atomic E-state index is 0.0103. The molecule has 7 nitrogen and oxygen atoms in total. The first-order valence-corrected chi connectivity index (χ1v) is 7.81. The zero-order valence-electron chi connectivity index (χ0n) is 13.8. The average Bonchev–Trinajstić information content (AvgIpc) is 3.26. The lowest BCUT2D eigenvalue weighted by Gasteiger charge is -2.17. The van der Waals surface area contributed by atoms with E-state index in [9.17, 15) is 4.79 Å². The molecule has 0 radical (unpaired) electrons. The molecule has 3 rings (SSSR count). The fourth-order valence-electron chi connectivity index (χ4n) is 2.58. The quantitative estimate of drug-likeness (QED) is 0.692. The van der Waals surface area contributed by atoms with Crippen LogP contribution in [0.25, 0.3) is 5.69 Å². The first kappa shape index (κ1) is 15.9. The number of benzene rings is 1. The van der Waals surface area contributed by atoms with Crippen LogP contribution in [-0.4, -0.2) is 48.9 Å². The summed E-state index contributed by atoms with van der Waals surface area (Å²) in [7, 11) is 3.74. The van der Waals surface area contributed by atoms with Crippen LogP contribution in [0.5, 0.6) is 0 Å². The molecule has 0 aliphatic carbocycles. The highest BCUT2D eigenvalue weighted by Gasteiger charge is 2.12. The zero-order valence-corrected chi connectivity index (χ0v) is 13.8. The molecule has 2 aromatic heterocycles. The van der Waals surface area contributed by atoms with Crippen LogP contribution in [0.1, 0.15) is 22.3 Å². The summed E-state index contributed by atoms with van der Waals surface area (Å²) in [4.78, 5) is 14.3. The molecule has 0 atom stereocenters. The minimum Gasteiger partial charge on any atom is -0.342 e. The highest BCUT2D eigenvalue weighted by molar-refractivity contribution is 5.94. The Kier molecular flexibility index (Phi) is 4.69. The molecule has 2 heterocycles. The second-order valence-electron chi connectivity index (χ2n) is 5.77. The van der Waals surface area contributed by atoms with Crippen LogP contribution in [0.4, 0.5) is 0 Å². The molecule has 0 unspecified atom stereocenters. The van der Waals surface area contributed by atoms with Crippen LogP contribution in [-0.2, 0) is 13.5 Å². The lowest BCUT2D eigenvalue weighted by Crippen LogP contribution is -2.28. The molecule has 0 saturated carbocycles. The Labute approximate surface area is 140 Å². The normalized spacial score (nSPS) is 10.8. The predicted molar refractivity (Wildman–Crippen MR) is 89.8 cm³/mol. The Bertz CT molecular complexity index is 808. The van der Waals surface area contributed by atoms with Crippen LogP contribution in [0.2, 0.25) is 0 Å². The Morgan fingerprint density at radius 2 is 2.04 bits per heavy atom. The van der Waals surface area contributed by atoms with Gasteiger partial charge in [-0.15, -0.1) is 10.2 Å². The molecule has 0 N–H and O–H groups in total. The van der Waals surface area contributed by atoms with Crippen molar-refractivity contribution in [1.82, 2.24) is 29.4 Å². The van der Waals surface area contributed by atoms with E-state index in [1.54, 1.807) is 26.8 Å². The summed E-state index contributed by atoms with van der Waals surface area (Å²) >= 11 is 0. The van der Waals surface area contributed by atoms with E-state index in [0.29, 0.717) is 12.1 Å². The number of aryl methyl sites for hydroxylation is 2. The predicted octanol–water partition coefficient (Wildman–Crippen LogP) is 1.71. The van der Waals surface area contributed by atoms with Gasteiger partial charge in [0.2, 0.25) is 0 Å². The number of nitrogens with zero attached hydrogens (tertiary/aromatic N) is 6. The van der Waals surface area contributed by atoms with Gasteiger partial charge in [0.25, 0.3) is 5.91 Å². The zero-order chi connectivity index (χ0) is 16.9. The first-order chi connectivity index (χ1) is 11.6. The van der Waals surface area contributed by atoms with Gasteiger partial charge in [-0.2, -0.15) is 5.10 Å². The molecule has 0 bridgehead atoms. The lowest BCUT2D eigenvalue weighted by molar-refractivity contribution is 0.0793. The lowest BCUT2D eigenvalue weighted by atomic mass is 10.1. The van der Waals surface area contributed by atoms with E-state index >= 15 is 0 Å². The van der Waals surface area contributed by atoms with Crippen molar-refractivity contribution in [2.24, 2.45) is 7.05 Å². The SMILES string of the molecule is CN(CCCc1cnn(C)c1)C(=O)c1cccc(-n2cnnc2)c1. The number of rotatable bonds is 6. The molecule has 124 valence electrons. The monoisotopic (exact) mass is 324 g/mol. The second-order valence-corrected chi connectivity index (χ2v) is 5.77. The number of aromatic nitrogens is 5. The molecule has 1 amide bonds. The Morgan fingerprint density at radius 1 is 1.25 bits per heavy atom. The van der Waals surface area contributed by atoms with Gasteiger partial charge in [-0.1, -0.05) is 6.07 Å². The van der Waals surface area contributed by atoms with Crippen molar-refractivity contribution in [2.45, 2.75) is 12.8 Å². The number of carbonyl (C=O) groups excluding carboxylic acids is 1. The molecule has 3 aromatic rings. The van der Waals surface area contributed by atoms with E-state index in [4.69, 9.17) is 0 Å². The molecule has 0 aliphatic rings. The van der Waals surface area contributed by atoms with Crippen molar-refractivity contribution >= 4 is 5.91 Å². The van der Waals surface area contributed by atoms with Crippen LogP contribution >= 0.6 is 0 Å². The fraction of sp³-hybridized carbons (Fsp3) is 0.294. The summed E-state index contributed by atoms with van der Waals surface area (Å²) in [6.45, 7) is 0.699. The molecular weight excluding hydrogens is 304 g/mol. The molecule has 0 aliphatic heterocycles. The maximum atomic E-state index is 12.6. The van der Waals surface area contributed by atoms with E-state index < -0.39 is 0 Å². The van der Waals surface area contributed by atoms with Crippen LogP contribution in [0.3, 0.4) is 0 Å². The molecule has 0 saturated heterocycles. The molecular formula is C17H20N6O. The van der Waals surface area contributed by atoms with Gasteiger partial charge >= 0.3 is 0 Å². The molecule has 7 heteroatoms. The summed E-state index contributed by atoms with van der Waals surface area (Å²) in [5.41, 5.74) is 2.72. The van der Waals surface area contributed by atoms with Gasteiger partial charge < -0.3 is 4.90 Å². The van der Waals surface area contributed by atoms with Gasteiger partial charge in [0.05, 0.1) is 6.20 Å². The largest absolute Gasteiger partial charge is 0.342 e. The van der Waals surface area contributed by atoms with E-state index in [-0.39, 0.29) is 5.91 Å². The summed E-state index contributed by atoms with van der Waals surface area (Å²) in [6.07, 6.45) is 8.91. The Morgan fingerprint density at radius 3 is 2.75 bits per heavy atom. The van der Waals surface area contributed by atoms with Gasteiger partial charge in [0.1, 0.15) is 12.7 Å². The van der Waals surface area contributed by atoms with E-state index in [1.807, 2.05) is 50.8 Å². The summed E-state index contributed by atoms with van der Waals surface area (Å²) < 4.78 is 3.57. The topological polar surface area (TPSA) is 68.8 Å². The highest BCUT2D eigenvalue weighted by atomic mass is 16.2. The molecule has 24 heavy (non-hydrogen) atoms. The average molecular weight is 324 g/mol. The number of amides is 1. The summed E-state index contributed by atoms with van der Waals surface area (Å²) in [5.74, 6) is 0.0103. The smallest absolute Gasteiger partial charge is 0.253 e. The molecule has 1 aromatic carbocycles. The number of hydrogen-bond donors (Lipinski definition) is 0. The van der Waals surface area contributed by atoms with Crippen molar-refractivity contribution < 1.29 is 4.79 Å². The minimum absolute atomic E-state index is 0.0103. The summed E-state index contributed by atoms with van der Waals surface area (Å²) in [5, 5.41) is 11.7. The van der Waals surface area contributed by atoms with Gasteiger partial charge in [0.15, 0.2) is 0 Å². The third-order valence-corrected chi connectivity index (χ3v) is 3.87. The van der Waals surface area contributed by atoms with Crippen molar-refractivity contribution in [3.8, 4) is 5.69 Å². The summed E-state index contributed by atoms with van der Waals surface area (Å²) in [6, 6.07) is 7.46.